The van der Waals surface area contributed by atoms with Crippen molar-refractivity contribution in [2.75, 3.05) is 12.3 Å². The smallest absolute Gasteiger partial charge is 0.272 e. The third-order valence-corrected chi connectivity index (χ3v) is 2.60. The molecule has 2 aromatic rings. The number of ether oxygens (including phenoxy) is 2. The highest BCUT2D eigenvalue weighted by Gasteiger charge is 2.07. The lowest BCUT2D eigenvalue weighted by Crippen LogP contribution is -2.07. The summed E-state index contributed by atoms with van der Waals surface area (Å²) in [7, 11) is 0. The molecular formula is C15H15F2NO2. The first-order chi connectivity index (χ1) is 9.65. The number of anilines is 1. The minimum absolute atomic E-state index is 0.308. The Balaban J connectivity index is 2.01. The number of hydrogen-bond donors (Lipinski definition) is 1. The second-order valence-electron chi connectivity index (χ2n) is 4.18. The topological polar surface area (TPSA) is 44.5 Å². The maximum absolute atomic E-state index is 12.1. The maximum atomic E-state index is 12.1. The van der Waals surface area contributed by atoms with Crippen LogP contribution in [-0.4, -0.2) is 13.0 Å². The summed E-state index contributed by atoms with van der Waals surface area (Å²) in [5, 5.41) is 0. The van der Waals surface area contributed by atoms with Crippen molar-refractivity contribution in [3.63, 3.8) is 0 Å². The minimum Gasteiger partial charge on any atom is -0.487 e. The van der Waals surface area contributed by atoms with Crippen molar-refractivity contribution >= 4 is 5.69 Å². The van der Waals surface area contributed by atoms with E-state index >= 15 is 0 Å². The quantitative estimate of drug-likeness (QED) is 0.823. The Hall–Kier alpha value is -2.30. The Labute approximate surface area is 115 Å². The summed E-state index contributed by atoms with van der Waals surface area (Å²) in [6, 6.07) is 14.2. The highest BCUT2D eigenvalue weighted by Crippen LogP contribution is 2.27. The van der Waals surface area contributed by atoms with Gasteiger partial charge < -0.3 is 15.2 Å². The molecule has 0 radical (unpaired) electrons. The van der Waals surface area contributed by atoms with Crippen molar-refractivity contribution in [2.24, 2.45) is 0 Å². The molecule has 0 heterocycles. The first kappa shape index (κ1) is 14.1. The summed E-state index contributed by atoms with van der Waals surface area (Å²) in [6.07, 6.45) is -2.51. The fourth-order valence-corrected chi connectivity index (χ4v) is 1.62. The van der Waals surface area contributed by atoms with Gasteiger partial charge in [-0.05, 0) is 17.7 Å². The molecule has 0 bridgehead atoms. The summed E-state index contributed by atoms with van der Waals surface area (Å²) in [5.41, 5.74) is 7.21. The van der Waals surface area contributed by atoms with Crippen molar-refractivity contribution in [2.45, 2.75) is 13.0 Å². The summed E-state index contributed by atoms with van der Waals surface area (Å²) in [4.78, 5) is 0. The Bertz CT molecular complexity index is 547. The van der Waals surface area contributed by atoms with Crippen LogP contribution in [-0.2, 0) is 6.61 Å². The van der Waals surface area contributed by atoms with Gasteiger partial charge in [-0.1, -0.05) is 30.3 Å². The molecule has 5 heteroatoms. The highest BCUT2D eigenvalue weighted by atomic mass is 19.3. The Morgan fingerprint density at radius 2 is 1.75 bits per heavy atom. The zero-order valence-electron chi connectivity index (χ0n) is 10.8. The molecule has 0 saturated heterocycles. The van der Waals surface area contributed by atoms with E-state index in [1.165, 1.54) is 12.1 Å². The van der Waals surface area contributed by atoms with E-state index in [1.54, 1.807) is 6.07 Å². The van der Waals surface area contributed by atoms with E-state index in [0.717, 1.165) is 5.56 Å². The Morgan fingerprint density at radius 3 is 2.45 bits per heavy atom. The molecule has 20 heavy (non-hydrogen) atoms. The number of nitrogen functional groups attached to an aromatic ring is 1. The van der Waals surface area contributed by atoms with E-state index in [-0.39, 0.29) is 0 Å². The second-order valence-corrected chi connectivity index (χ2v) is 4.18. The van der Waals surface area contributed by atoms with Crippen molar-refractivity contribution in [1.82, 2.24) is 0 Å². The number of rotatable bonds is 6. The van der Waals surface area contributed by atoms with Crippen molar-refractivity contribution in [1.29, 1.82) is 0 Å². The van der Waals surface area contributed by atoms with Crippen LogP contribution < -0.4 is 15.2 Å². The fourth-order valence-electron chi connectivity index (χ4n) is 1.62. The molecule has 2 aromatic carbocycles. The first-order valence-electron chi connectivity index (χ1n) is 6.12. The molecule has 0 aliphatic rings. The van der Waals surface area contributed by atoms with Crippen LogP contribution in [0.2, 0.25) is 0 Å². The number of nitrogens with two attached hydrogens (primary N) is 1. The molecular weight excluding hydrogens is 264 g/mol. The van der Waals surface area contributed by atoms with E-state index in [1.807, 2.05) is 30.3 Å². The molecule has 0 aromatic heterocycles. The van der Waals surface area contributed by atoms with E-state index in [0.29, 0.717) is 23.8 Å². The van der Waals surface area contributed by atoms with Crippen molar-refractivity contribution in [3.8, 4) is 11.5 Å². The number of halogens is 2. The van der Waals surface area contributed by atoms with Crippen LogP contribution in [0.4, 0.5) is 14.5 Å². The van der Waals surface area contributed by atoms with Gasteiger partial charge in [0.15, 0.2) is 0 Å². The van der Waals surface area contributed by atoms with Gasteiger partial charge in [-0.3, -0.25) is 0 Å². The van der Waals surface area contributed by atoms with E-state index < -0.39 is 13.0 Å². The SMILES string of the molecule is Nc1ccc(OCC(F)F)cc1OCc1ccccc1. The van der Waals surface area contributed by atoms with Gasteiger partial charge in [-0.25, -0.2) is 8.78 Å². The number of hydrogen-bond acceptors (Lipinski definition) is 3. The van der Waals surface area contributed by atoms with Gasteiger partial charge in [0.1, 0.15) is 24.7 Å². The molecule has 2 rings (SSSR count). The maximum Gasteiger partial charge on any atom is 0.272 e. The number of benzene rings is 2. The third kappa shape index (κ3) is 4.12. The lowest BCUT2D eigenvalue weighted by Gasteiger charge is -2.11. The van der Waals surface area contributed by atoms with E-state index in [2.05, 4.69) is 0 Å². The van der Waals surface area contributed by atoms with Gasteiger partial charge in [-0.2, -0.15) is 0 Å². The summed E-state index contributed by atoms with van der Waals surface area (Å²) >= 11 is 0. The predicted octanol–water partition coefficient (Wildman–Crippen LogP) is 3.49. The van der Waals surface area contributed by atoms with E-state index in [4.69, 9.17) is 15.2 Å². The molecule has 0 atom stereocenters. The van der Waals surface area contributed by atoms with E-state index in [9.17, 15) is 8.78 Å². The standard InChI is InChI=1S/C15H15F2NO2/c16-15(17)10-19-12-6-7-13(18)14(8-12)20-9-11-4-2-1-3-5-11/h1-8,15H,9-10,18H2. The number of alkyl halides is 2. The molecule has 0 unspecified atom stereocenters. The molecule has 0 amide bonds. The lowest BCUT2D eigenvalue weighted by atomic mass is 10.2. The molecule has 0 fully saturated rings. The average Bonchev–Trinajstić information content (AvgIpc) is 2.46. The fraction of sp³-hybridized carbons (Fsp3) is 0.200. The van der Waals surface area contributed by atoms with Crippen molar-refractivity contribution in [3.05, 3.63) is 54.1 Å². The largest absolute Gasteiger partial charge is 0.487 e. The molecule has 0 aliphatic heterocycles. The lowest BCUT2D eigenvalue weighted by molar-refractivity contribution is 0.0817. The predicted molar refractivity (Wildman–Crippen MR) is 73.1 cm³/mol. The molecule has 0 spiro atoms. The van der Waals surface area contributed by atoms with Crippen LogP contribution >= 0.6 is 0 Å². The van der Waals surface area contributed by atoms with Crippen LogP contribution in [0.5, 0.6) is 11.5 Å². The van der Waals surface area contributed by atoms with Gasteiger partial charge in [0.25, 0.3) is 6.43 Å². The highest BCUT2D eigenvalue weighted by molar-refractivity contribution is 5.55. The molecule has 3 nitrogen and oxygen atoms in total. The van der Waals surface area contributed by atoms with Crippen LogP contribution in [0, 0.1) is 0 Å². The summed E-state index contributed by atoms with van der Waals surface area (Å²) in [6.45, 7) is -0.300. The summed E-state index contributed by atoms with van der Waals surface area (Å²) < 4.78 is 34.7. The van der Waals surface area contributed by atoms with Crippen molar-refractivity contribution < 1.29 is 18.3 Å². The van der Waals surface area contributed by atoms with Crippen LogP contribution in [0.25, 0.3) is 0 Å². The normalized spacial score (nSPS) is 10.6. The summed E-state index contributed by atoms with van der Waals surface area (Å²) in [5.74, 6) is 0.725. The van der Waals surface area contributed by atoms with Gasteiger partial charge >= 0.3 is 0 Å². The zero-order chi connectivity index (χ0) is 14.4. The van der Waals surface area contributed by atoms with Crippen LogP contribution in [0.1, 0.15) is 5.56 Å². The zero-order valence-corrected chi connectivity index (χ0v) is 10.8. The minimum atomic E-state index is -2.51. The van der Waals surface area contributed by atoms with Gasteiger partial charge in [0, 0.05) is 6.07 Å². The monoisotopic (exact) mass is 279 g/mol. The third-order valence-electron chi connectivity index (χ3n) is 2.60. The second kappa shape index (κ2) is 6.75. The Kier molecular flexibility index (Phi) is 4.76. The molecule has 2 N–H and O–H groups in total. The van der Waals surface area contributed by atoms with Gasteiger partial charge in [0.05, 0.1) is 5.69 Å². The Morgan fingerprint density at radius 1 is 1.00 bits per heavy atom. The van der Waals surface area contributed by atoms with Crippen LogP contribution in [0.15, 0.2) is 48.5 Å². The molecule has 0 aliphatic carbocycles. The molecule has 0 saturated carbocycles. The van der Waals surface area contributed by atoms with Crippen LogP contribution in [0.3, 0.4) is 0 Å². The van der Waals surface area contributed by atoms with Gasteiger partial charge in [0.2, 0.25) is 0 Å². The first-order valence-corrected chi connectivity index (χ1v) is 6.12. The average molecular weight is 279 g/mol. The molecule has 106 valence electrons. The van der Waals surface area contributed by atoms with Gasteiger partial charge in [-0.15, -0.1) is 0 Å².